The zero-order valence-electron chi connectivity index (χ0n) is 12.9. The third kappa shape index (κ3) is 3.23. The number of nitriles is 1. The van der Waals surface area contributed by atoms with Crippen molar-refractivity contribution in [1.29, 1.82) is 5.26 Å². The van der Waals surface area contributed by atoms with E-state index in [1.165, 1.54) is 12.8 Å². The van der Waals surface area contributed by atoms with Crippen molar-refractivity contribution >= 4 is 5.91 Å². The molecule has 0 aromatic heterocycles. The van der Waals surface area contributed by atoms with Gasteiger partial charge in [-0.25, -0.2) is 0 Å². The van der Waals surface area contributed by atoms with Crippen molar-refractivity contribution in [2.75, 3.05) is 13.1 Å². The van der Waals surface area contributed by atoms with E-state index < -0.39 is 0 Å². The van der Waals surface area contributed by atoms with Crippen LogP contribution >= 0.6 is 0 Å². The highest BCUT2D eigenvalue weighted by atomic mass is 16.5. The predicted molar refractivity (Wildman–Crippen MR) is 79.5 cm³/mol. The van der Waals surface area contributed by atoms with Crippen LogP contribution in [0.15, 0.2) is 0 Å². The zero-order chi connectivity index (χ0) is 14.7. The van der Waals surface area contributed by atoms with Gasteiger partial charge in [0.25, 0.3) is 0 Å². The van der Waals surface area contributed by atoms with Gasteiger partial charge in [-0.05, 0) is 44.9 Å². The summed E-state index contributed by atoms with van der Waals surface area (Å²) in [4.78, 5) is 14.7. The molecule has 116 valence electrons. The molecule has 4 heteroatoms. The number of likely N-dealkylation sites (tertiary alicyclic amines) is 1. The molecule has 1 saturated carbocycles. The van der Waals surface area contributed by atoms with Gasteiger partial charge in [0, 0.05) is 25.4 Å². The summed E-state index contributed by atoms with van der Waals surface area (Å²) in [5, 5.41) is 8.71. The molecule has 0 N–H and O–H groups in total. The molecule has 4 nitrogen and oxygen atoms in total. The summed E-state index contributed by atoms with van der Waals surface area (Å²) >= 11 is 0. The fourth-order valence-corrected chi connectivity index (χ4v) is 4.34. The first-order valence-corrected chi connectivity index (χ1v) is 8.56. The summed E-state index contributed by atoms with van der Waals surface area (Å²) in [5.74, 6) is 0.645. The quantitative estimate of drug-likeness (QED) is 0.803. The first-order valence-electron chi connectivity index (χ1n) is 8.56. The Hall–Kier alpha value is -1.08. The molecule has 3 fully saturated rings. The number of hydrogen-bond acceptors (Lipinski definition) is 3. The minimum Gasteiger partial charge on any atom is -0.370 e. The molecule has 1 amide bonds. The first kappa shape index (κ1) is 14.8. The minimum absolute atomic E-state index is 0.105. The Morgan fingerprint density at radius 2 is 2.05 bits per heavy atom. The molecule has 0 aromatic carbocycles. The van der Waals surface area contributed by atoms with Crippen LogP contribution in [0.1, 0.15) is 64.2 Å². The van der Waals surface area contributed by atoms with Crippen molar-refractivity contribution in [3.63, 3.8) is 0 Å². The van der Waals surface area contributed by atoms with Crippen LogP contribution in [0.3, 0.4) is 0 Å². The number of amides is 1. The molecule has 2 heterocycles. The molecule has 2 atom stereocenters. The number of carbonyl (C=O) groups excluding carboxylic acids is 1. The Kier molecular flexibility index (Phi) is 4.49. The number of hydrogen-bond donors (Lipinski definition) is 0. The van der Waals surface area contributed by atoms with Gasteiger partial charge in [-0.2, -0.15) is 5.26 Å². The van der Waals surface area contributed by atoms with Crippen molar-refractivity contribution < 1.29 is 9.53 Å². The fraction of sp³-hybridized carbons (Fsp3) is 0.882. The van der Waals surface area contributed by atoms with E-state index in [0.717, 1.165) is 58.0 Å². The molecule has 2 saturated heterocycles. The summed E-state index contributed by atoms with van der Waals surface area (Å²) in [7, 11) is 0. The van der Waals surface area contributed by atoms with Gasteiger partial charge in [0.15, 0.2) is 0 Å². The number of ether oxygens (including phenoxy) is 1. The van der Waals surface area contributed by atoms with Gasteiger partial charge in [0.2, 0.25) is 5.91 Å². The first-order chi connectivity index (χ1) is 10.2. The highest BCUT2D eigenvalue weighted by Crippen LogP contribution is 2.40. The Bertz CT molecular complexity index is 425. The average molecular weight is 290 g/mol. The monoisotopic (exact) mass is 290 g/mol. The third-order valence-electron chi connectivity index (χ3n) is 5.47. The topological polar surface area (TPSA) is 53.3 Å². The van der Waals surface area contributed by atoms with Gasteiger partial charge >= 0.3 is 0 Å². The Balaban J connectivity index is 1.58. The molecular formula is C17H26N2O2. The van der Waals surface area contributed by atoms with Crippen LogP contribution in [-0.2, 0) is 9.53 Å². The molecule has 3 aliphatic rings. The number of nitrogens with zero attached hydrogens (tertiary/aromatic N) is 2. The van der Waals surface area contributed by atoms with E-state index in [0.29, 0.717) is 12.3 Å². The molecule has 21 heavy (non-hydrogen) atoms. The van der Waals surface area contributed by atoms with E-state index in [2.05, 4.69) is 11.0 Å². The van der Waals surface area contributed by atoms with Crippen molar-refractivity contribution in [3.8, 4) is 6.07 Å². The highest BCUT2D eigenvalue weighted by molar-refractivity contribution is 5.79. The summed E-state index contributed by atoms with van der Waals surface area (Å²) in [6.45, 7) is 1.69. The summed E-state index contributed by atoms with van der Waals surface area (Å²) in [5.41, 5.74) is -0.105. The largest absolute Gasteiger partial charge is 0.370 e. The summed E-state index contributed by atoms with van der Waals surface area (Å²) in [6.07, 6.45) is 10.5. The van der Waals surface area contributed by atoms with E-state index in [1.54, 1.807) is 0 Å². The standard InChI is InChI=1S/C17H26N2O2/c18-11-3-7-15-8-10-17(21-15)9-4-12-19(13-17)16(20)14-5-1-2-6-14/h14-15H,1-10,12-13H2/t15-,17+/m1/s1. The Morgan fingerprint density at radius 1 is 1.24 bits per heavy atom. The zero-order valence-corrected chi connectivity index (χ0v) is 12.9. The third-order valence-corrected chi connectivity index (χ3v) is 5.47. The molecule has 1 spiro atoms. The Labute approximate surface area is 127 Å². The Morgan fingerprint density at radius 3 is 2.81 bits per heavy atom. The smallest absolute Gasteiger partial charge is 0.225 e. The molecule has 0 aromatic rings. The van der Waals surface area contributed by atoms with Crippen LogP contribution < -0.4 is 0 Å². The molecule has 2 aliphatic heterocycles. The molecule has 0 unspecified atom stereocenters. The molecule has 0 bridgehead atoms. The van der Waals surface area contributed by atoms with E-state index in [9.17, 15) is 4.79 Å². The average Bonchev–Trinajstić information content (AvgIpc) is 3.15. The number of piperidine rings is 1. The highest BCUT2D eigenvalue weighted by Gasteiger charge is 2.44. The fourth-order valence-electron chi connectivity index (χ4n) is 4.34. The second kappa shape index (κ2) is 6.36. The normalized spacial score (nSPS) is 33.5. The van der Waals surface area contributed by atoms with Gasteiger partial charge in [0.05, 0.1) is 17.8 Å². The predicted octanol–water partition coefficient (Wildman–Crippen LogP) is 3.02. The van der Waals surface area contributed by atoms with E-state index in [4.69, 9.17) is 10.00 Å². The molecule has 1 aliphatic carbocycles. The SMILES string of the molecule is N#CCC[C@@H]1CC[C@]2(CCCN(C(=O)C3CCCC3)C2)O1. The lowest BCUT2D eigenvalue weighted by Gasteiger charge is -2.41. The van der Waals surface area contributed by atoms with Crippen LogP contribution in [0.5, 0.6) is 0 Å². The van der Waals surface area contributed by atoms with Crippen molar-refractivity contribution in [2.45, 2.75) is 75.9 Å². The summed E-state index contributed by atoms with van der Waals surface area (Å²) in [6, 6.07) is 2.21. The molecular weight excluding hydrogens is 264 g/mol. The van der Waals surface area contributed by atoms with Crippen molar-refractivity contribution in [2.24, 2.45) is 5.92 Å². The maximum absolute atomic E-state index is 12.6. The summed E-state index contributed by atoms with van der Waals surface area (Å²) < 4.78 is 6.29. The lowest BCUT2D eigenvalue weighted by Crippen LogP contribution is -2.51. The van der Waals surface area contributed by atoms with Gasteiger partial charge in [-0.15, -0.1) is 0 Å². The number of carbonyl (C=O) groups is 1. The van der Waals surface area contributed by atoms with Crippen LogP contribution in [0.2, 0.25) is 0 Å². The van der Waals surface area contributed by atoms with Crippen LogP contribution in [0, 0.1) is 17.2 Å². The van der Waals surface area contributed by atoms with Crippen molar-refractivity contribution in [1.82, 2.24) is 4.90 Å². The minimum atomic E-state index is -0.105. The van der Waals surface area contributed by atoms with Crippen LogP contribution in [0.4, 0.5) is 0 Å². The van der Waals surface area contributed by atoms with Gasteiger partial charge in [-0.1, -0.05) is 12.8 Å². The number of rotatable bonds is 3. The van der Waals surface area contributed by atoms with E-state index in [1.807, 2.05) is 0 Å². The van der Waals surface area contributed by atoms with Gasteiger partial charge in [0.1, 0.15) is 0 Å². The van der Waals surface area contributed by atoms with Crippen LogP contribution in [-0.4, -0.2) is 35.6 Å². The van der Waals surface area contributed by atoms with Gasteiger partial charge in [-0.3, -0.25) is 4.79 Å². The van der Waals surface area contributed by atoms with E-state index in [-0.39, 0.29) is 17.6 Å². The maximum atomic E-state index is 12.6. The van der Waals surface area contributed by atoms with Crippen LogP contribution in [0.25, 0.3) is 0 Å². The maximum Gasteiger partial charge on any atom is 0.225 e. The molecule has 0 radical (unpaired) electrons. The second-order valence-corrected chi connectivity index (χ2v) is 7.00. The molecule has 3 rings (SSSR count). The van der Waals surface area contributed by atoms with Crippen molar-refractivity contribution in [3.05, 3.63) is 0 Å². The second-order valence-electron chi connectivity index (χ2n) is 7.00. The van der Waals surface area contributed by atoms with Gasteiger partial charge < -0.3 is 9.64 Å². The van der Waals surface area contributed by atoms with E-state index >= 15 is 0 Å². The lowest BCUT2D eigenvalue weighted by molar-refractivity contribution is -0.146. The lowest BCUT2D eigenvalue weighted by atomic mass is 9.89.